The highest BCUT2D eigenvalue weighted by atomic mass is 28.4. The first-order valence-electron chi connectivity index (χ1n) is 7.93. The van der Waals surface area contributed by atoms with E-state index in [0.717, 1.165) is 0 Å². The monoisotopic (exact) mass is 348 g/mol. The topological polar surface area (TPSA) is 55.8 Å². The highest BCUT2D eigenvalue weighted by Crippen LogP contribution is 2.41. The standard InChI is InChI=1S/C16H36O4Si2/c1-14(2,3)21(8,9)19-12-16(7,13(17)18)20-22(10,11)15(4,5)6/h12H2,1-11H3,(H,17,18). The van der Waals surface area contributed by atoms with Gasteiger partial charge in [-0.3, -0.25) is 0 Å². The summed E-state index contributed by atoms with van der Waals surface area (Å²) in [6, 6.07) is 0. The van der Waals surface area contributed by atoms with Gasteiger partial charge in [0.25, 0.3) is 0 Å². The summed E-state index contributed by atoms with van der Waals surface area (Å²) in [5.41, 5.74) is -1.29. The molecule has 1 atom stereocenters. The molecule has 132 valence electrons. The van der Waals surface area contributed by atoms with Crippen LogP contribution in [0.15, 0.2) is 0 Å². The van der Waals surface area contributed by atoms with E-state index in [4.69, 9.17) is 8.85 Å². The van der Waals surface area contributed by atoms with Crippen molar-refractivity contribution in [2.75, 3.05) is 6.61 Å². The summed E-state index contributed by atoms with van der Waals surface area (Å²) in [7, 11) is -4.20. The largest absolute Gasteiger partial charge is 0.479 e. The zero-order valence-corrected chi connectivity index (χ0v) is 18.4. The molecule has 0 aromatic carbocycles. The number of aliphatic carboxylic acids is 1. The molecule has 0 aromatic rings. The van der Waals surface area contributed by atoms with E-state index in [0.29, 0.717) is 0 Å². The summed E-state index contributed by atoms with van der Waals surface area (Å²) in [5.74, 6) is -0.948. The molecule has 1 N–H and O–H groups in total. The molecule has 0 bridgehead atoms. The van der Waals surface area contributed by atoms with E-state index < -0.39 is 28.2 Å². The van der Waals surface area contributed by atoms with Crippen LogP contribution < -0.4 is 0 Å². The third-order valence-corrected chi connectivity index (χ3v) is 14.3. The Morgan fingerprint density at radius 1 is 0.864 bits per heavy atom. The number of hydrogen-bond donors (Lipinski definition) is 1. The fourth-order valence-corrected chi connectivity index (χ4v) is 4.03. The second-order valence-corrected chi connectivity index (χ2v) is 19.0. The molecule has 0 spiro atoms. The van der Waals surface area contributed by atoms with Gasteiger partial charge in [-0.05, 0) is 43.2 Å². The second-order valence-electron chi connectivity index (χ2n) is 9.45. The summed E-state index contributed by atoms with van der Waals surface area (Å²) in [6.45, 7) is 22.9. The first-order chi connectivity index (χ1) is 9.36. The lowest BCUT2D eigenvalue weighted by molar-refractivity contribution is -0.157. The molecule has 0 rings (SSSR count). The Balaban J connectivity index is 5.28. The maximum Gasteiger partial charge on any atom is 0.336 e. The van der Waals surface area contributed by atoms with Crippen LogP contribution in [0, 0.1) is 0 Å². The predicted molar refractivity (Wildman–Crippen MR) is 97.5 cm³/mol. The van der Waals surface area contributed by atoms with Crippen LogP contribution in [0.5, 0.6) is 0 Å². The lowest BCUT2D eigenvalue weighted by Crippen LogP contribution is -2.56. The van der Waals surface area contributed by atoms with E-state index in [1.54, 1.807) is 6.92 Å². The molecule has 1 unspecified atom stereocenters. The van der Waals surface area contributed by atoms with Crippen LogP contribution in [0.3, 0.4) is 0 Å². The molecule has 0 saturated heterocycles. The Kier molecular flexibility index (Phi) is 6.33. The van der Waals surface area contributed by atoms with Crippen molar-refractivity contribution < 1.29 is 18.8 Å². The maximum absolute atomic E-state index is 11.8. The number of carbonyl (C=O) groups is 1. The molecule has 6 heteroatoms. The van der Waals surface area contributed by atoms with Gasteiger partial charge in [-0.1, -0.05) is 41.5 Å². The van der Waals surface area contributed by atoms with Crippen molar-refractivity contribution in [1.29, 1.82) is 0 Å². The van der Waals surface area contributed by atoms with Crippen LogP contribution >= 0.6 is 0 Å². The molecule has 0 aliphatic rings. The van der Waals surface area contributed by atoms with Crippen molar-refractivity contribution >= 4 is 22.6 Å². The number of hydrogen-bond acceptors (Lipinski definition) is 3. The lowest BCUT2D eigenvalue weighted by atomic mass is 10.1. The van der Waals surface area contributed by atoms with Gasteiger partial charge in [-0.2, -0.15) is 0 Å². The van der Waals surface area contributed by atoms with Crippen LogP contribution in [0.25, 0.3) is 0 Å². The molecular weight excluding hydrogens is 312 g/mol. The summed E-state index contributed by atoms with van der Waals surface area (Å²) < 4.78 is 12.3. The van der Waals surface area contributed by atoms with Gasteiger partial charge in [0, 0.05) is 0 Å². The maximum atomic E-state index is 11.8. The lowest BCUT2D eigenvalue weighted by Gasteiger charge is -2.44. The second kappa shape index (κ2) is 6.38. The fraction of sp³-hybridized carbons (Fsp3) is 0.938. The van der Waals surface area contributed by atoms with Crippen molar-refractivity contribution in [1.82, 2.24) is 0 Å². The zero-order chi connectivity index (χ0) is 18.2. The van der Waals surface area contributed by atoms with Crippen LogP contribution in [0.1, 0.15) is 48.5 Å². The molecule has 0 aromatic heterocycles. The minimum absolute atomic E-state index is 0.0410. The van der Waals surface area contributed by atoms with Gasteiger partial charge in [0.05, 0.1) is 6.61 Å². The number of rotatable bonds is 6. The minimum Gasteiger partial charge on any atom is -0.479 e. The van der Waals surface area contributed by atoms with E-state index in [1.807, 2.05) is 0 Å². The van der Waals surface area contributed by atoms with Gasteiger partial charge in [0.2, 0.25) is 0 Å². The van der Waals surface area contributed by atoms with Crippen molar-refractivity contribution in [3.8, 4) is 0 Å². The van der Waals surface area contributed by atoms with Crippen molar-refractivity contribution in [3.05, 3.63) is 0 Å². The van der Waals surface area contributed by atoms with Gasteiger partial charge >= 0.3 is 5.97 Å². The third kappa shape index (κ3) is 5.18. The highest BCUT2D eigenvalue weighted by Gasteiger charge is 2.48. The predicted octanol–water partition coefficient (Wildman–Crippen LogP) is 4.87. The third-order valence-electron chi connectivity index (χ3n) is 5.25. The summed E-state index contributed by atoms with van der Waals surface area (Å²) >= 11 is 0. The molecule has 0 fully saturated rings. The Morgan fingerprint density at radius 3 is 1.50 bits per heavy atom. The van der Waals surface area contributed by atoms with E-state index in [-0.39, 0.29) is 16.7 Å². The summed E-state index contributed by atoms with van der Waals surface area (Å²) in [4.78, 5) is 11.8. The van der Waals surface area contributed by atoms with Crippen LogP contribution in [0.2, 0.25) is 36.3 Å². The van der Waals surface area contributed by atoms with Gasteiger partial charge in [-0.25, -0.2) is 4.79 Å². The van der Waals surface area contributed by atoms with E-state index in [1.165, 1.54) is 0 Å². The molecule has 0 aliphatic carbocycles. The fourth-order valence-electron chi connectivity index (χ4n) is 1.39. The first-order valence-corrected chi connectivity index (χ1v) is 13.7. The SMILES string of the molecule is CC(CO[Si](C)(C)C(C)(C)C)(O[Si](C)(C)C(C)(C)C)C(=O)O. The highest BCUT2D eigenvalue weighted by molar-refractivity contribution is 6.74. The first kappa shape index (κ1) is 21.8. The Labute approximate surface area is 138 Å². The van der Waals surface area contributed by atoms with E-state index in [2.05, 4.69) is 67.7 Å². The molecule has 0 saturated carbocycles. The molecular formula is C16H36O4Si2. The van der Waals surface area contributed by atoms with E-state index in [9.17, 15) is 9.90 Å². The molecule has 0 aliphatic heterocycles. The van der Waals surface area contributed by atoms with Crippen molar-refractivity contribution in [3.63, 3.8) is 0 Å². The zero-order valence-electron chi connectivity index (χ0n) is 16.4. The normalized spacial score (nSPS) is 17.2. The van der Waals surface area contributed by atoms with E-state index >= 15 is 0 Å². The van der Waals surface area contributed by atoms with Gasteiger partial charge in [0.15, 0.2) is 22.2 Å². The van der Waals surface area contributed by atoms with Crippen LogP contribution in [0.4, 0.5) is 0 Å². The molecule has 0 heterocycles. The molecule has 0 radical (unpaired) electrons. The summed E-state index contributed by atoms with van der Waals surface area (Å²) in [6.07, 6.45) is 0. The number of carboxylic acids is 1. The van der Waals surface area contributed by atoms with Gasteiger partial charge < -0.3 is 14.0 Å². The Bertz CT molecular complexity index is 405. The molecule has 4 nitrogen and oxygen atoms in total. The van der Waals surface area contributed by atoms with Crippen molar-refractivity contribution in [2.45, 2.75) is 90.3 Å². The molecule has 0 amide bonds. The smallest absolute Gasteiger partial charge is 0.336 e. The Morgan fingerprint density at radius 2 is 1.23 bits per heavy atom. The van der Waals surface area contributed by atoms with Crippen LogP contribution in [-0.2, 0) is 13.6 Å². The number of carboxylic acid groups (broad SMARTS) is 1. The van der Waals surface area contributed by atoms with Gasteiger partial charge in [0.1, 0.15) is 0 Å². The average molecular weight is 349 g/mol. The summed E-state index contributed by atoms with van der Waals surface area (Å²) in [5, 5.41) is 9.70. The molecule has 22 heavy (non-hydrogen) atoms. The average Bonchev–Trinajstić information content (AvgIpc) is 2.22. The van der Waals surface area contributed by atoms with Gasteiger partial charge in [-0.15, -0.1) is 0 Å². The quantitative estimate of drug-likeness (QED) is 0.695. The Hall–Kier alpha value is -0.176. The van der Waals surface area contributed by atoms with Crippen LogP contribution in [-0.4, -0.2) is 39.9 Å². The van der Waals surface area contributed by atoms with Crippen molar-refractivity contribution in [2.24, 2.45) is 0 Å². The minimum atomic E-state index is -2.19.